The van der Waals surface area contributed by atoms with E-state index >= 15 is 0 Å². The fourth-order valence-corrected chi connectivity index (χ4v) is 3.59. The lowest BCUT2D eigenvalue weighted by Crippen LogP contribution is -2.22. The molecule has 2 atom stereocenters. The van der Waals surface area contributed by atoms with Gasteiger partial charge >= 0.3 is 0 Å². The fraction of sp³-hybridized carbons (Fsp3) is 0.455. The van der Waals surface area contributed by atoms with Crippen molar-refractivity contribution in [1.29, 1.82) is 0 Å². The normalized spacial score (nSPS) is 23.1. The van der Waals surface area contributed by atoms with E-state index in [-0.39, 0.29) is 0 Å². The van der Waals surface area contributed by atoms with Gasteiger partial charge < -0.3 is 23.7 Å². The molecule has 0 N–H and O–H groups in total. The van der Waals surface area contributed by atoms with Gasteiger partial charge in [0, 0.05) is 21.2 Å². The summed E-state index contributed by atoms with van der Waals surface area (Å²) in [6.45, 7) is 3.71. The minimum Gasteiger partial charge on any atom is -0.377 e. The highest BCUT2D eigenvalue weighted by Gasteiger charge is 2.30. The Bertz CT molecular complexity index is 681. The Labute approximate surface area is 181 Å². The Hall–Kier alpha value is -1.18. The van der Waals surface area contributed by atoms with Gasteiger partial charge in [-0.25, -0.2) is 0 Å². The number of hydrogen-bond donors (Lipinski definition) is 0. The summed E-state index contributed by atoms with van der Waals surface area (Å²) >= 11 is 13.0. The van der Waals surface area contributed by atoms with Crippen molar-refractivity contribution < 1.29 is 23.7 Å². The molecule has 0 unspecified atom stereocenters. The van der Waals surface area contributed by atoms with Gasteiger partial charge in [-0.05, 0) is 12.1 Å². The summed E-state index contributed by atoms with van der Waals surface area (Å²) in [6.07, 6.45) is -0.901. The lowest BCUT2D eigenvalue weighted by Gasteiger charge is -2.29. The monoisotopic (exact) mass is 440 g/mol. The highest BCUT2D eigenvalue weighted by molar-refractivity contribution is 6.31. The minimum absolute atomic E-state index is 0.386. The Morgan fingerprint density at radius 3 is 1.24 bits per heavy atom. The average molecular weight is 441 g/mol. The van der Waals surface area contributed by atoms with Crippen LogP contribution in [0.2, 0.25) is 10.0 Å². The summed E-state index contributed by atoms with van der Waals surface area (Å²) in [7, 11) is 0. The molecule has 1 heterocycles. The third-order valence-electron chi connectivity index (χ3n) is 4.49. The van der Waals surface area contributed by atoms with Crippen LogP contribution in [0, 0.1) is 0 Å². The molecule has 5 nitrogen and oxygen atoms in total. The molecule has 0 spiro atoms. The van der Waals surface area contributed by atoms with Gasteiger partial charge in [0.1, 0.15) is 12.2 Å². The molecule has 1 aliphatic rings. The molecule has 0 saturated carbocycles. The smallest absolute Gasteiger partial charge is 0.114 e. The van der Waals surface area contributed by atoms with E-state index in [0.717, 1.165) is 11.1 Å². The maximum atomic E-state index is 6.50. The van der Waals surface area contributed by atoms with Crippen LogP contribution in [0.5, 0.6) is 0 Å². The molecular formula is C22H26Cl2O5. The Kier molecular flexibility index (Phi) is 9.70. The van der Waals surface area contributed by atoms with Crippen molar-refractivity contribution in [3.63, 3.8) is 0 Å². The summed E-state index contributed by atoms with van der Waals surface area (Å²) in [6, 6.07) is 15.2. The van der Waals surface area contributed by atoms with E-state index in [2.05, 4.69) is 0 Å². The first-order chi connectivity index (χ1) is 14.3. The van der Waals surface area contributed by atoms with E-state index in [1.165, 1.54) is 0 Å². The maximum Gasteiger partial charge on any atom is 0.114 e. The zero-order valence-corrected chi connectivity index (χ0v) is 17.7. The van der Waals surface area contributed by atoms with Gasteiger partial charge in [-0.3, -0.25) is 0 Å². The molecule has 3 rings (SSSR count). The van der Waals surface area contributed by atoms with Crippen molar-refractivity contribution >= 4 is 23.2 Å². The van der Waals surface area contributed by atoms with Gasteiger partial charge in [-0.15, -0.1) is 0 Å². The molecule has 29 heavy (non-hydrogen) atoms. The van der Waals surface area contributed by atoms with Crippen molar-refractivity contribution in [3.05, 3.63) is 69.7 Å². The predicted molar refractivity (Wildman–Crippen MR) is 113 cm³/mol. The first-order valence-corrected chi connectivity index (χ1v) is 10.5. The van der Waals surface area contributed by atoms with Crippen molar-refractivity contribution in [2.24, 2.45) is 0 Å². The number of benzene rings is 2. The molecular weight excluding hydrogens is 415 g/mol. The lowest BCUT2D eigenvalue weighted by molar-refractivity contribution is -0.0970. The van der Waals surface area contributed by atoms with Crippen molar-refractivity contribution in [1.82, 2.24) is 0 Å². The van der Waals surface area contributed by atoms with Crippen LogP contribution in [0.15, 0.2) is 48.5 Å². The topological polar surface area (TPSA) is 46.2 Å². The van der Waals surface area contributed by atoms with Gasteiger partial charge in [-0.2, -0.15) is 0 Å². The number of halogens is 2. The second-order valence-electron chi connectivity index (χ2n) is 6.46. The molecule has 158 valence electrons. The molecule has 0 bridgehead atoms. The van der Waals surface area contributed by atoms with Gasteiger partial charge in [0.25, 0.3) is 0 Å². The highest BCUT2D eigenvalue weighted by Crippen LogP contribution is 2.40. The van der Waals surface area contributed by atoms with E-state index in [9.17, 15) is 0 Å². The predicted octanol–water partition coefficient (Wildman–Crippen LogP) is 4.87. The van der Waals surface area contributed by atoms with E-state index in [0.29, 0.717) is 62.9 Å². The largest absolute Gasteiger partial charge is 0.377 e. The zero-order chi connectivity index (χ0) is 20.3. The summed E-state index contributed by atoms with van der Waals surface area (Å²) in [4.78, 5) is 0. The van der Waals surface area contributed by atoms with Crippen LogP contribution in [0.3, 0.4) is 0 Å². The molecule has 1 saturated heterocycles. The molecule has 1 fully saturated rings. The Morgan fingerprint density at radius 2 is 0.862 bits per heavy atom. The maximum absolute atomic E-state index is 6.50. The van der Waals surface area contributed by atoms with Crippen LogP contribution in [0.1, 0.15) is 23.3 Å². The highest BCUT2D eigenvalue weighted by atomic mass is 35.5. The number of rotatable bonds is 2. The first-order valence-electron chi connectivity index (χ1n) is 9.72. The molecule has 2 aromatic carbocycles. The van der Waals surface area contributed by atoms with Crippen molar-refractivity contribution in [2.45, 2.75) is 12.2 Å². The van der Waals surface area contributed by atoms with Crippen LogP contribution in [0.4, 0.5) is 0 Å². The van der Waals surface area contributed by atoms with Crippen LogP contribution in [0.25, 0.3) is 0 Å². The standard InChI is InChI=1S/C22H26Cl2O5/c23-19-7-3-1-5-17(19)21-22(18-6-2-4-8-20(18)24)29-16-14-27-12-10-25-9-11-26-13-15-28-21/h1-8,21-22H,9-16H2/t21-,22-/m1/s1. The summed E-state index contributed by atoms with van der Waals surface area (Å²) in [5.74, 6) is 0. The lowest BCUT2D eigenvalue weighted by atomic mass is 9.97. The van der Waals surface area contributed by atoms with Gasteiger partial charge in [-0.1, -0.05) is 59.6 Å². The van der Waals surface area contributed by atoms with E-state index < -0.39 is 12.2 Å². The van der Waals surface area contributed by atoms with Crippen LogP contribution >= 0.6 is 23.2 Å². The SMILES string of the molecule is Clc1ccccc1[C@H]1OCCOCCOCCOCCO[C@@H]1c1ccccc1Cl. The second-order valence-corrected chi connectivity index (χ2v) is 7.28. The molecule has 0 aromatic heterocycles. The Balaban J connectivity index is 1.88. The van der Waals surface area contributed by atoms with Crippen molar-refractivity contribution in [3.8, 4) is 0 Å². The van der Waals surface area contributed by atoms with E-state index in [4.69, 9.17) is 46.9 Å². The average Bonchev–Trinajstić information content (AvgIpc) is 2.74. The third kappa shape index (κ3) is 6.93. The number of ether oxygens (including phenoxy) is 5. The molecule has 7 heteroatoms. The molecule has 0 amide bonds. The van der Waals surface area contributed by atoms with Gasteiger partial charge in [0.05, 0.1) is 52.9 Å². The number of hydrogen-bond acceptors (Lipinski definition) is 5. The fourth-order valence-electron chi connectivity index (χ4n) is 3.10. The minimum atomic E-state index is -0.450. The summed E-state index contributed by atoms with van der Waals surface area (Å²) < 4.78 is 29.1. The van der Waals surface area contributed by atoms with Crippen molar-refractivity contribution in [2.75, 3.05) is 52.9 Å². The van der Waals surface area contributed by atoms with Crippen LogP contribution < -0.4 is 0 Å². The van der Waals surface area contributed by atoms with Gasteiger partial charge in [0.15, 0.2) is 0 Å². The Morgan fingerprint density at radius 1 is 0.517 bits per heavy atom. The summed E-state index contributed by atoms with van der Waals surface area (Å²) in [5.41, 5.74) is 1.68. The van der Waals surface area contributed by atoms with Gasteiger partial charge in [0.2, 0.25) is 0 Å². The van der Waals surface area contributed by atoms with E-state index in [1.807, 2.05) is 48.5 Å². The summed E-state index contributed by atoms with van der Waals surface area (Å²) in [5, 5.41) is 1.23. The van der Waals surface area contributed by atoms with E-state index in [1.54, 1.807) is 0 Å². The zero-order valence-electron chi connectivity index (χ0n) is 16.2. The quantitative estimate of drug-likeness (QED) is 0.666. The van der Waals surface area contributed by atoms with Crippen LogP contribution in [-0.2, 0) is 23.7 Å². The molecule has 0 radical (unpaired) electrons. The molecule has 2 aromatic rings. The molecule has 1 aliphatic heterocycles. The first kappa shape index (κ1) is 22.5. The van der Waals surface area contributed by atoms with Crippen LogP contribution in [-0.4, -0.2) is 52.9 Å². The third-order valence-corrected chi connectivity index (χ3v) is 5.18. The second kappa shape index (κ2) is 12.5. The molecule has 0 aliphatic carbocycles.